The number of rotatable bonds is 2. The van der Waals surface area contributed by atoms with E-state index < -0.39 is 6.43 Å². The summed E-state index contributed by atoms with van der Waals surface area (Å²) in [6.07, 6.45) is 0.766. The summed E-state index contributed by atoms with van der Waals surface area (Å²) in [4.78, 5) is 8.84. The summed E-state index contributed by atoms with van der Waals surface area (Å²) in [6.45, 7) is 2.12. The number of benzene rings is 1. The number of fused-ring (bicyclic) bond motifs is 1. The zero-order valence-corrected chi connectivity index (χ0v) is 13.8. The molecule has 1 aromatic carbocycles. The van der Waals surface area contributed by atoms with Crippen LogP contribution in [0.15, 0.2) is 35.5 Å². The van der Waals surface area contributed by atoms with Gasteiger partial charge in [-0.1, -0.05) is 17.7 Å². The first-order valence-electron chi connectivity index (χ1n) is 7.76. The topological polar surface area (TPSA) is 34.5 Å². The molecule has 0 amide bonds. The Balaban J connectivity index is 1.88. The summed E-state index contributed by atoms with van der Waals surface area (Å²) in [5, 5.41) is 0.520. The molecule has 1 saturated carbocycles. The Hall–Kier alpha value is -2.01. The normalized spacial score (nSPS) is 18.0. The minimum atomic E-state index is -2.59. The molecule has 2 heterocycles. The molecule has 1 aliphatic heterocycles. The van der Waals surface area contributed by atoms with E-state index in [-0.39, 0.29) is 11.2 Å². The maximum absolute atomic E-state index is 13.0. The number of aryl methyl sites for hydroxylation is 1. The average Bonchev–Trinajstić information content (AvgIpc) is 3.33. The fraction of sp³-hybridized carbons (Fsp3) is 0.333. The quantitative estimate of drug-likeness (QED) is 0.785. The van der Waals surface area contributed by atoms with Crippen molar-refractivity contribution in [2.75, 3.05) is 6.61 Å². The third-order valence-electron chi connectivity index (χ3n) is 4.48. The largest absolute Gasteiger partial charge is 0.489 e. The first-order valence-corrected chi connectivity index (χ1v) is 8.13. The zero-order chi connectivity index (χ0) is 16.9. The summed E-state index contributed by atoms with van der Waals surface area (Å²) in [7, 11) is 0. The second-order valence-electron chi connectivity index (χ2n) is 6.32. The van der Waals surface area contributed by atoms with Crippen molar-refractivity contribution in [3.8, 4) is 5.75 Å². The van der Waals surface area contributed by atoms with Gasteiger partial charge in [-0.3, -0.25) is 9.98 Å². The molecule has 124 valence electrons. The van der Waals surface area contributed by atoms with Gasteiger partial charge in [-0.05, 0) is 43.5 Å². The molecule has 1 spiro atoms. The van der Waals surface area contributed by atoms with E-state index >= 15 is 0 Å². The molecule has 0 saturated heterocycles. The molecule has 0 bridgehead atoms. The molecule has 0 N–H and O–H groups in total. The fourth-order valence-corrected chi connectivity index (χ4v) is 3.17. The number of ether oxygens (including phenoxy) is 1. The molecule has 1 aliphatic carbocycles. The first-order chi connectivity index (χ1) is 11.5. The van der Waals surface area contributed by atoms with Crippen molar-refractivity contribution in [2.24, 2.45) is 4.99 Å². The van der Waals surface area contributed by atoms with Crippen LogP contribution in [-0.4, -0.2) is 22.8 Å². The van der Waals surface area contributed by atoms with Gasteiger partial charge in [-0.25, -0.2) is 8.78 Å². The zero-order valence-electron chi connectivity index (χ0n) is 13.0. The van der Waals surface area contributed by atoms with Gasteiger partial charge < -0.3 is 4.74 Å². The summed E-state index contributed by atoms with van der Waals surface area (Å²) in [6, 6.07) is 7.20. The van der Waals surface area contributed by atoms with Gasteiger partial charge in [0.05, 0.1) is 16.3 Å². The van der Waals surface area contributed by atoms with Crippen LogP contribution < -0.4 is 4.74 Å². The highest BCUT2D eigenvalue weighted by molar-refractivity contribution is 6.33. The summed E-state index contributed by atoms with van der Waals surface area (Å²) in [5.74, 6) is 0.595. The number of hydrogen-bond donors (Lipinski definition) is 0. The first kappa shape index (κ1) is 15.5. The monoisotopic (exact) mass is 348 g/mol. The van der Waals surface area contributed by atoms with Crippen LogP contribution in [0, 0.1) is 6.92 Å². The SMILES string of the molecule is Cc1cc(C2=NC3(CC3)COc3c(Cl)cccc32)cnc1C(F)F. The Labute approximate surface area is 143 Å². The van der Waals surface area contributed by atoms with E-state index in [1.54, 1.807) is 19.1 Å². The number of para-hydroxylation sites is 1. The van der Waals surface area contributed by atoms with Crippen molar-refractivity contribution in [2.45, 2.75) is 31.7 Å². The molecule has 0 atom stereocenters. The van der Waals surface area contributed by atoms with Crippen LogP contribution in [0.4, 0.5) is 8.78 Å². The molecule has 0 radical (unpaired) electrons. The molecular formula is C18H15ClF2N2O. The number of aromatic nitrogens is 1. The molecule has 24 heavy (non-hydrogen) atoms. The molecule has 3 nitrogen and oxygen atoms in total. The van der Waals surface area contributed by atoms with Gasteiger partial charge >= 0.3 is 0 Å². The molecule has 1 fully saturated rings. The minimum absolute atomic E-state index is 0.198. The Morgan fingerprint density at radius 1 is 1.29 bits per heavy atom. The van der Waals surface area contributed by atoms with Crippen LogP contribution in [0.5, 0.6) is 5.75 Å². The van der Waals surface area contributed by atoms with Crippen molar-refractivity contribution >= 4 is 17.3 Å². The summed E-state index contributed by atoms with van der Waals surface area (Å²) < 4.78 is 31.8. The maximum atomic E-state index is 13.0. The number of pyridine rings is 1. The van der Waals surface area contributed by atoms with Gasteiger partial charge in [0.15, 0.2) is 0 Å². The Morgan fingerprint density at radius 2 is 2.08 bits per heavy atom. The second-order valence-corrected chi connectivity index (χ2v) is 6.72. The lowest BCUT2D eigenvalue weighted by Crippen LogP contribution is -2.16. The molecule has 1 aromatic heterocycles. The van der Waals surface area contributed by atoms with Gasteiger partial charge in [-0.2, -0.15) is 0 Å². The van der Waals surface area contributed by atoms with E-state index in [1.807, 2.05) is 12.1 Å². The number of alkyl halides is 2. The maximum Gasteiger partial charge on any atom is 0.280 e. The van der Waals surface area contributed by atoms with E-state index in [1.165, 1.54) is 6.20 Å². The molecular weight excluding hydrogens is 334 g/mol. The average molecular weight is 349 g/mol. The Bertz CT molecular complexity index is 847. The highest BCUT2D eigenvalue weighted by Gasteiger charge is 2.46. The van der Waals surface area contributed by atoms with E-state index in [0.717, 1.165) is 18.4 Å². The van der Waals surface area contributed by atoms with E-state index in [9.17, 15) is 8.78 Å². The summed E-state index contributed by atoms with van der Waals surface area (Å²) in [5.41, 5.74) is 2.21. The predicted octanol–water partition coefficient (Wildman–Crippen LogP) is 4.74. The van der Waals surface area contributed by atoms with Gasteiger partial charge in [0.2, 0.25) is 0 Å². The standard InChI is InChI=1S/C18H15ClF2N2O/c1-10-7-11(8-22-14(10)17(20)21)15-12-3-2-4-13(19)16(12)24-9-18(23-15)5-6-18/h2-4,7-8,17H,5-6,9H2,1H3. The molecule has 4 rings (SSSR count). The molecule has 0 unspecified atom stereocenters. The van der Waals surface area contributed by atoms with Gasteiger partial charge in [0.1, 0.15) is 18.1 Å². The van der Waals surface area contributed by atoms with E-state index in [0.29, 0.717) is 34.2 Å². The van der Waals surface area contributed by atoms with Crippen LogP contribution in [-0.2, 0) is 0 Å². The highest BCUT2D eigenvalue weighted by Crippen LogP contribution is 2.45. The minimum Gasteiger partial charge on any atom is -0.489 e. The van der Waals surface area contributed by atoms with Crippen LogP contribution in [0.3, 0.4) is 0 Å². The van der Waals surface area contributed by atoms with E-state index in [4.69, 9.17) is 21.3 Å². The number of hydrogen-bond acceptors (Lipinski definition) is 3. The third-order valence-corrected chi connectivity index (χ3v) is 4.78. The lowest BCUT2D eigenvalue weighted by molar-refractivity contribution is 0.145. The third kappa shape index (κ3) is 2.57. The lowest BCUT2D eigenvalue weighted by Gasteiger charge is -2.12. The van der Waals surface area contributed by atoms with Crippen molar-refractivity contribution in [3.63, 3.8) is 0 Å². The Kier molecular flexibility index (Phi) is 3.57. The van der Waals surface area contributed by atoms with Crippen LogP contribution in [0.25, 0.3) is 0 Å². The lowest BCUT2D eigenvalue weighted by atomic mass is 10.0. The van der Waals surface area contributed by atoms with Gasteiger partial charge in [-0.15, -0.1) is 0 Å². The molecule has 2 aromatic rings. The molecule has 2 aliphatic rings. The van der Waals surface area contributed by atoms with Crippen molar-refractivity contribution in [1.82, 2.24) is 4.98 Å². The summed E-state index contributed by atoms with van der Waals surface area (Å²) >= 11 is 6.28. The van der Waals surface area contributed by atoms with Crippen molar-refractivity contribution in [1.29, 1.82) is 0 Å². The van der Waals surface area contributed by atoms with Gasteiger partial charge in [0.25, 0.3) is 6.43 Å². The van der Waals surface area contributed by atoms with Crippen LogP contribution in [0.1, 0.15) is 41.7 Å². The number of halogens is 3. The fourth-order valence-electron chi connectivity index (χ4n) is 2.94. The van der Waals surface area contributed by atoms with Crippen molar-refractivity contribution < 1.29 is 13.5 Å². The Morgan fingerprint density at radius 3 is 2.75 bits per heavy atom. The van der Waals surface area contributed by atoms with Crippen LogP contribution in [0.2, 0.25) is 5.02 Å². The van der Waals surface area contributed by atoms with E-state index in [2.05, 4.69) is 4.98 Å². The number of aliphatic imine (C=N–C) groups is 1. The van der Waals surface area contributed by atoms with Crippen LogP contribution >= 0.6 is 11.6 Å². The van der Waals surface area contributed by atoms with Gasteiger partial charge in [0, 0.05) is 17.3 Å². The van der Waals surface area contributed by atoms with Crippen molar-refractivity contribution in [3.05, 3.63) is 57.9 Å². The smallest absolute Gasteiger partial charge is 0.280 e. The number of nitrogens with zero attached hydrogens (tertiary/aromatic N) is 2. The second kappa shape index (κ2) is 5.52. The predicted molar refractivity (Wildman–Crippen MR) is 88.5 cm³/mol. The highest BCUT2D eigenvalue weighted by atomic mass is 35.5. The molecule has 6 heteroatoms.